The number of hydrogen-bond acceptors (Lipinski definition) is 9. The van der Waals surface area contributed by atoms with E-state index >= 15 is 0 Å². The van der Waals surface area contributed by atoms with Gasteiger partial charge in [0.15, 0.2) is 17.5 Å². The fraction of sp³-hybridized carbons (Fsp3) is 0.469. The number of nitrogens with one attached hydrogen (secondary N) is 2. The number of fused-ring (bicyclic) bond motifs is 4. The van der Waals surface area contributed by atoms with Gasteiger partial charge >= 0.3 is 0 Å². The highest BCUT2D eigenvalue weighted by atomic mass is 79.9. The van der Waals surface area contributed by atoms with E-state index in [1.54, 1.807) is 0 Å². The van der Waals surface area contributed by atoms with Gasteiger partial charge in [-0.05, 0) is 101 Å². The summed E-state index contributed by atoms with van der Waals surface area (Å²) in [5.74, 6) is 4.86. The first-order valence-electron chi connectivity index (χ1n) is 23.0. The number of pyridine rings is 1. The number of hydrogen-bond donors (Lipinski definition) is 2. The number of benzene rings is 2. The van der Waals surface area contributed by atoms with Gasteiger partial charge in [0.2, 0.25) is 0 Å². The summed E-state index contributed by atoms with van der Waals surface area (Å²) < 4.78 is 5.43. The second kappa shape index (κ2) is 18.6. The third-order valence-electron chi connectivity index (χ3n) is 13.7. The van der Waals surface area contributed by atoms with Crippen LogP contribution in [-0.4, -0.2) is 57.3 Å². The van der Waals surface area contributed by atoms with Crippen molar-refractivity contribution in [2.45, 2.75) is 147 Å². The molecule has 4 unspecified atom stereocenters. The van der Waals surface area contributed by atoms with Gasteiger partial charge in [-0.3, -0.25) is 14.1 Å². The van der Waals surface area contributed by atoms with Crippen LogP contribution in [0.1, 0.15) is 157 Å². The van der Waals surface area contributed by atoms with Crippen LogP contribution in [0.5, 0.6) is 0 Å². The molecular weight excluding hydrogens is 837 g/mol. The summed E-state index contributed by atoms with van der Waals surface area (Å²) in [6.45, 7) is 13.3. The molecule has 2 aromatic carbocycles. The Kier molecular flexibility index (Phi) is 12.6. The van der Waals surface area contributed by atoms with Gasteiger partial charge in [0.25, 0.3) is 0 Å². The zero-order valence-corrected chi connectivity index (χ0v) is 38.3. The maximum atomic E-state index is 5.54. The van der Waals surface area contributed by atoms with E-state index in [0.717, 1.165) is 95.6 Å². The van der Waals surface area contributed by atoms with Gasteiger partial charge in [-0.2, -0.15) is 0 Å². The predicted octanol–water partition coefficient (Wildman–Crippen LogP) is 11.2. The molecule has 0 amide bonds. The number of aromatic nitrogens is 7. The van der Waals surface area contributed by atoms with Crippen LogP contribution in [0.4, 0.5) is 11.6 Å². The molecule has 2 aliphatic carbocycles. The fourth-order valence-electron chi connectivity index (χ4n) is 10.4. The van der Waals surface area contributed by atoms with Gasteiger partial charge in [-0.1, -0.05) is 110 Å². The summed E-state index contributed by atoms with van der Waals surface area (Å²) in [7, 11) is 0. The number of nitrogens with zero attached hydrogens (tertiary/aromatic N) is 10. The maximum absolute atomic E-state index is 5.54. The van der Waals surface area contributed by atoms with Crippen molar-refractivity contribution in [3.63, 3.8) is 0 Å². The molecule has 2 N–H and O–H groups in total. The van der Waals surface area contributed by atoms with Gasteiger partial charge in [-0.25, -0.2) is 4.98 Å². The second-order valence-electron chi connectivity index (χ2n) is 17.7. The van der Waals surface area contributed by atoms with E-state index in [9.17, 15) is 0 Å². The number of allylic oxidation sites excluding steroid dienone is 1. The summed E-state index contributed by atoms with van der Waals surface area (Å²) in [6.07, 6.45) is 20.2. The molecule has 2 fully saturated rings. The SMILES string of the molecule is C=C1/C(=C\NC(C)=NC(C)c2ccccc2)n2cnnc2C(CCCCC2c3nncn3-c3cc(CC)c(NC(C)c4ccc(Br)cc4)nc3N2C2CCCC2)N1C1CCCC1. The van der Waals surface area contributed by atoms with Crippen LogP contribution in [0.3, 0.4) is 0 Å². The van der Waals surface area contributed by atoms with Crippen LogP contribution in [0.2, 0.25) is 0 Å². The lowest BCUT2D eigenvalue weighted by Crippen LogP contribution is -2.42. The molecule has 13 heteroatoms. The lowest BCUT2D eigenvalue weighted by atomic mass is 9.96. The quantitative estimate of drug-likeness (QED) is 0.0638. The number of aryl methyl sites for hydroxylation is 1. The molecule has 0 bridgehead atoms. The third kappa shape index (κ3) is 8.44. The summed E-state index contributed by atoms with van der Waals surface area (Å²) in [6, 6.07) is 22.5. The average Bonchev–Trinajstić information content (AvgIpc) is 4.14. The van der Waals surface area contributed by atoms with E-state index < -0.39 is 0 Å². The number of amidine groups is 1. The molecular formula is C49H61BrN12. The smallest absolute Gasteiger partial charge is 0.160 e. The average molecular weight is 898 g/mol. The summed E-state index contributed by atoms with van der Waals surface area (Å²) in [5.41, 5.74) is 6.69. The molecule has 3 aromatic heterocycles. The van der Waals surface area contributed by atoms with Gasteiger partial charge < -0.3 is 20.4 Å². The molecule has 62 heavy (non-hydrogen) atoms. The van der Waals surface area contributed by atoms with E-state index in [1.807, 2.05) is 31.8 Å². The Morgan fingerprint density at radius 3 is 2.11 bits per heavy atom. The highest BCUT2D eigenvalue weighted by Crippen LogP contribution is 2.47. The Hall–Kier alpha value is -5.30. The minimum Gasteiger partial charge on any atom is -0.363 e. The summed E-state index contributed by atoms with van der Waals surface area (Å²) >= 11 is 3.60. The first kappa shape index (κ1) is 42.0. The minimum absolute atomic E-state index is 0.0445. The molecule has 2 aliphatic heterocycles. The molecule has 0 radical (unpaired) electrons. The van der Waals surface area contributed by atoms with E-state index in [0.29, 0.717) is 12.1 Å². The number of rotatable bonds is 14. The van der Waals surface area contributed by atoms with Gasteiger partial charge in [-0.15, -0.1) is 20.4 Å². The molecule has 324 valence electrons. The van der Waals surface area contributed by atoms with E-state index in [2.05, 4.69) is 131 Å². The largest absolute Gasteiger partial charge is 0.363 e. The second-order valence-corrected chi connectivity index (χ2v) is 18.6. The van der Waals surface area contributed by atoms with Gasteiger partial charge in [0.05, 0.1) is 41.0 Å². The van der Waals surface area contributed by atoms with Crippen molar-refractivity contribution < 1.29 is 0 Å². The summed E-state index contributed by atoms with van der Waals surface area (Å²) in [5, 5.41) is 25.9. The van der Waals surface area contributed by atoms with Crippen molar-refractivity contribution in [3.8, 4) is 5.69 Å². The third-order valence-corrected chi connectivity index (χ3v) is 14.2. The van der Waals surface area contributed by atoms with E-state index in [-0.39, 0.29) is 24.2 Å². The van der Waals surface area contributed by atoms with Crippen molar-refractivity contribution in [2.24, 2.45) is 4.99 Å². The zero-order valence-electron chi connectivity index (χ0n) is 36.7. The van der Waals surface area contributed by atoms with Crippen molar-refractivity contribution in [3.05, 3.63) is 125 Å². The lowest BCUT2D eigenvalue weighted by Gasteiger charge is -2.44. The predicted molar refractivity (Wildman–Crippen MR) is 252 cm³/mol. The zero-order chi connectivity index (χ0) is 42.7. The Labute approximate surface area is 375 Å². The number of halogens is 1. The van der Waals surface area contributed by atoms with E-state index in [1.165, 1.54) is 55.2 Å². The Balaban J connectivity index is 0.955. The first-order chi connectivity index (χ1) is 30.3. The van der Waals surface area contributed by atoms with Gasteiger partial charge in [0.1, 0.15) is 18.5 Å². The number of aliphatic imine (C=N–C) groups is 1. The maximum Gasteiger partial charge on any atom is 0.160 e. The first-order valence-corrected chi connectivity index (χ1v) is 23.8. The highest BCUT2D eigenvalue weighted by molar-refractivity contribution is 9.10. The normalized spacial score (nSPS) is 21.0. The molecule has 0 spiro atoms. The molecule has 5 aromatic rings. The highest BCUT2D eigenvalue weighted by Gasteiger charge is 2.41. The Morgan fingerprint density at radius 2 is 1.45 bits per heavy atom. The molecule has 4 atom stereocenters. The van der Waals surface area contributed by atoms with Crippen LogP contribution >= 0.6 is 15.9 Å². The van der Waals surface area contributed by atoms with Crippen LogP contribution in [0.25, 0.3) is 11.4 Å². The topological polar surface area (TPSA) is 117 Å². The van der Waals surface area contributed by atoms with Crippen molar-refractivity contribution in [1.29, 1.82) is 0 Å². The minimum atomic E-state index is 0.0445. The Bertz CT molecular complexity index is 2390. The van der Waals surface area contributed by atoms with Crippen molar-refractivity contribution >= 4 is 39.1 Å². The number of unbranched alkanes of at least 4 members (excludes halogenated alkanes) is 1. The van der Waals surface area contributed by atoms with Gasteiger partial charge in [0, 0.05) is 28.8 Å². The molecule has 2 saturated carbocycles. The molecule has 0 saturated heterocycles. The van der Waals surface area contributed by atoms with Crippen molar-refractivity contribution in [2.75, 3.05) is 10.2 Å². The van der Waals surface area contributed by atoms with E-state index in [4.69, 9.17) is 26.8 Å². The standard InChI is InChI=1S/C49H61BrN12/c1-6-36-28-44-47(56-46(36)55-33(3)38-24-26-39(50)27-25-38)62(41-20-12-13-21-41)43(49-58-52-30-59(44)49)23-15-14-22-42-48-57-53-31-60(48)45(34(4)61(42)40-18-10-11-19-40)29-51-35(5)54-32(2)37-16-8-7-9-17-37/h7-9,16-17,24-33,40-43H,4,6,10-15,18-23H2,1-3,5H3,(H,51,54)(H,55,56)/b45-29+. The molecule has 12 nitrogen and oxygen atoms in total. The Morgan fingerprint density at radius 1 is 0.839 bits per heavy atom. The van der Waals surface area contributed by atoms with Crippen LogP contribution in [-0.2, 0) is 6.42 Å². The van der Waals surface area contributed by atoms with Crippen LogP contribution < -0.4 is 15.5 Å². The fourth-order valence-corrected chi connectivity index (χ4v) is 10.7. The summed E-state index contributed by atoms with van der Waals surface area (Å²) in [4.78, 5) is 15.7. The lowest BCUT2D eigenvalue weighted by molar-refractivity contribution is 0.162. The van der Waals surface area contributed by atoms with Crippen LogP contribution in [0, 0.1) is 0 Å². The van der Waals surface area contributed by atoms with Crippen molar-refractivity contribution in [1.82, 2.24) is 44.7 Å². The van der Waals surface area contributed by atoms with Crippen LogP contribution in [0.15, 0.2) is 101 Å². The molecule has 5 heterocycles. The molecule has 4 aliphatic rings. The molecule has 9 rings (SSSR count). The number of anilines is 2. The monoisotopic (exact) mass is 896 g/mol.